The molecule has 0 spiro atoms. The topological polar surface area (TPSA) is 38.3 Å². The first-order chi connectivity index (χ1) is 12.7. The number of hydrogen-bond acceptors (Lipinski definition) is 2. The van der Waals surface area contributed by atoms with Crippen molar-refractivity contribution in [3.8, 4) is 0 Å². The number of amides is 1. The fourth-order valence-corrected chi connectivity index (χ4v) is 5.79. The van der Waals surface area contributed by atoms with Gasteiger partial charge in [-0.3, -0.25) is 4.79 Å². The number of rotatable bonds is 4. The molecule has 0 bridgehead atoms. The van der Waals surface area contributed by atoms with E-state index in [-0.39, 0.29) is 29.0 Å². The zero-order chi connectivity index (χ0) is 19.7. The number of benzene rings is 1. The van der Waals surface area contributed by atoms with Crippen molar-refractivity contribution >= 4 is 14.2 Å². The smallest absolute Gasteiger partial charge is 0.223 e. The van der Waals surface area contributed by atoms with Gasteiger partial charge in [-0.2, -0.15) is 0 Å². The Labute approximate surface area is 166 Å². The summed E-state index contributed by atoms with van der Waals surface area (Å²) in [5.74, 6) is 0.932. The van der Waals surface area contributed by atoms with Crippen LogP contribution in [0.25, 0.3) is 0 Å². The highest BCUT2D eigenvalue weighted by molar-refractivity contribution is 6.74. The molecule has 2 aliphatic rings. The van der Waals surface area contributed by atoms with Crippen molar-refractivity contribution in [3.05, 3.63) is 35.9 Å². The third kappa shape index (κ3) is 4.83. The minimum absolute atomic E-state index is 0.0691. The first kappa shape index (κ1) is 20.6. The van der Waals surface area contributed by atoms with Gasteiger partial charge < -0.3 is 9.74 Å². The average molecular weight is 388 g/mol. The second kappa shape index (κ2) is 8.08. The molecule has 0 aromatic heterocycles. The molecule has 27 heavy (non-hydrogen) atoms. The lowest BCUT2D eigenvalue weighted by molar-refractivity contribution is -0.127. The van der Waals surface area contributed by atoms with Crippen LogP contribution < -0.4 is 5.32 Å². The molecule has 4 atom stereocenters. The molecular formula is C23H37NO2Si. The van der Waals surface area contributed by atoms with Gasteiger partial charge in [0.05, 0.1) is 12.1 Å². The van der Waals surface area contributed by atoms with Crippen molar-refractivity contribution in [2.75, 3.05) is 0 Å². The molecule has 1 aromatic carbocycles. The van der Waals surface area contributed by atoms with Crippen LogP contribution in [0.15, 0.2) is 30.3 Å². The summed E-state index contributed by atoms with van der Waals surface area (Å²) < 4.78 is 6.93. The van der Waals surface area contributed by atoms with Gasteiger partial charge >= 0.3 is 0 Å². The van der Waals surface area contributed by atoms with E-state index in [1.807, 2.05) is 6.07 Å². The van der Waals surface area contributed by atoms with Crippen LogP contribution in [0.5, 0.6) is 0 Å². The number of hydrogen-bond donors (Lipinski definition) is 1. The summed E-state index contributed by atoms with van der Waals surface area (Å²) in [6.07, 6.45) is 6.65. The molecule has 1 aromatic rings. The fraction of sp³-hybridized carbons (Fsp3) is 0.696. The molecule has 1 saturated carbocycles. The molecular weight excluding hydrogens is 350 g/mol. The van der Waals surface area contributed by atoms with E-state index in [1.54, 1.807) is 0 Å². The summed E-state index contributed by atoms with van der Waals surface area (Å²) in [7, 11) is -1.90. The summed E-state index contributed by atoms with van der Waals surface area (Å²) in [4.78, 5) is 13.0. The Hall–Kier alpha value is -1.13. The predicted octanol–water partition coefficient (Wildman–Crippen LogP) is 5.31. The number of fused-ring (bicyclic) bond motifs is 1. The molecule has 1 heterocycles. The van der Waals surface area contributed by atoms with E-state index >= 15 is 0 Å². The Bertz CT molecular complexity index is 638. The van der Waals surface area contributed by atoms with Crippen molar-refractivity contribution in [2.24, 2.45) is 11.8 Å². The highest BCUT2D eigenvalue weighted by Gasteiger charge is 2.45. The minimum Gasteiger partial charge on any atom is -0.412 e. The van der Waals surface area contributed by atoms with E-state index in [0.717, 1.165) is 19.3 Å². The third-order valence-electron chi connectivity index (χ3n) is 7.11. The summed E-state index contributed by atoms with van der Waals surface area (Å²) >= 11 is 0. The second-order valence-electron chi connectivity index (χ2n) is 10.1. The van der Waals surface area contributed by atoms with Crippen LogP contribution in [-0.2, 0) is 15.6 Å². The van der Waals surface area contributed by atoms with Gasteiger partial charge in [0.2, 0.25) is 5.91 Å². The Morgan fingerprint density at radius 1 is 1.11 bits per heavy atom. The fourth-order valence-electron chi connectivity index (χ4n) is 4.42. The van der Waals surface area contributed by atoms with Crippen LogP contribution >= 0.6 is 0 Å². The van der Waals surface area contributed by atoms with Gasteiger partial charge in [0.1, 0.15) is 0 Å². The first-order valence-electron chi connectivity index (χ1n) is 10.7. The zero-order valence-corrected chi connectivity index (χ0v) is 18.8. The van der Waals surface area contributed by atoms with Crippen LogP contribution in [-0.4, -0.2) is 26.4 Å². The monoisotopic (exact) mass is 387 g/mol. The number of nitrogens with one attached hydrogen (secondary N) is 1. The molecule has 1 aliphatic carbocycles. The lowest BCUT2D eigenvalue weighted by Gasteiger charge is -2.42. The third-order valence-corrected chi connectivity index (χ3v) is 11.6. The van der Waals surface area contributed by atoms with Crippen LogP contribution in [0.1, 0.15) is 58.4 Å². The van der Waals surface area contributed by atoms with Crippen molar-refractivity contribution in [1.82, 2.24) is 5.32 Å². The zero-order valence-electron chi connectivity index (χ0n) is 17.8. The molecule has 0 radical (unpaired) electrons. The number of carbonyl (C=O) groups excluding carboxylic acids is 1. The van der Waals surface area contributed by atoms with Gasteiger partial charge in [-0.15, -0.1) is 0 Å². The normalized spacial score (nSPS) is 29.6. The van der Waals surface area contributed by atoms with E-state index in [9.17, 15) is 4.79 Å². The molecule has 1 N–H and O–H groups in total. The lowest BCUT2D eigenvalue weighted by Crippen LogP contribution is -2.51. The second-order valence-corrected chi connectivity index (χ2v) is 14.9. The van der Waals surface area contributed by atoms with E-state index < -0.39 is 8.32 Å². The summed E-state index contributed by atoms with van der Waals surface area (Å²) in [5.41, 5.74) is 1.27. The van der Waals surface area contributed by atoms with Crippen molar-refractivity contribution in [2.45, 2.75) is 89.6 Å². The van der Waals surface area contributed by atoms with Gasteiger partial charge in [-0.25, -0.2) is 0 Å². The van der Waals surface area contributed by atoms with E-state index in [0.29, 0.717) is 5.92 Å². The predicted molar refractivity (Wildman–Crippen MR) is 114 cm³/mol. The lowest BCUT2D eigenvalue weighted by atomic mass is 9.76. The summed E-state index contributed by atoms with van der Waals surface area (Å²) in [5, 5.41) is 3.58. The van der Waals surface area contributed by atoms with Crippen molar-refractivity contribution in [3.63, 3.8) is 0 Å². The molecule has 150 valence electrons. The van der Waals surface area contributed by atoms with Crippen LogP contribution in [0.2, 0.25) is 18.1 Å². The largest absolute Gasteiger partial charge is 0.412 e. The maximum Gasteiger partial charge on any atom is 0.223 e. The highest BCUT2D eigenvalue weighted by Crippen LogP contribution is 2.41. The minimum atomic E-state index is -1.90. The maximum absolute atomic E-state index is 13.0. The highest BCUT2D eigenvalue weighted by atomic mass is 28.4. The number of carbonyl (C=O) groups is 1. The molecule has 1 aliphatic heterocycles. The first-order valence-corrected chi connectivity index (χ1v) is 13.6. The van der Waals surface area contributed by atoms with Gasteiger partial charge in [0.25, 0.3) is 0 Å². The van der Waals surface area contributed by atoms with Crippen LogP contribution in [0.4, 0.5) is 0 Å². The summed E-state index contributed by atoms with van der Waals surface area (Å²) in [6.45, 7) is 11.5. The molecule has 2 fully saturated rings. The van der Waals surface area contributed by atoms with Gasteiger partial charge in [0.15, 0.2) is 8.32 Å². The van der Waals surface area contributed by atoms with E-state index in [2.05, 4.69) is 63.4 Å². The van der Waals surface area contributed by atoms with Crippen molar-refractivity contribution < 1.29 is 9.22 Å². The van der Waals surface area contributed by atoms with Gasteiger partial charge in [-0.1, -0.05) is 63.9 Å². The standard InChI is InChI=1S/C23H37NO2Si/c1-23(2,3)27(4,5)26-21-16-18-13-9-10-14-19(18)22(25)24-20(21)15-17-11-7-6-8-12-17/h6-8,11-12,18-21H,9-10,13-16H2,1-5H3,(H,24,25)/t18-,19+,20-,21-/m1/s1. The Balaban J connectivity index is 1.87. The maximum atomic E-state index is 13.0. The quantitative estimate of drug-likeness (QED) is 0.711. The molecule has 0 unspecified atom stereocenters. The van der Waals surface area contributed by atoms with Crippen LogP contribution in [0, 0.1) is 11.8 Å². The molecule has 1 saturated heterocycles. The molecule has 4 heteroatoms. The molecule has 3 rings (SSSR count). The molecule has 3 nitrogen and oxygen atoms in total. The SMILES string of the molecule is CC(C)(C)[Si](C)(C)O[C@@H]1C[C@H]2CCCC[C@@H]2C(=O)N[C@@H]1Cc1ccccc1. The summed E-state index contributed by atoms with van der Waals surface area (Å²) in [6, 6.07) is 10.6. The van der Waals surface area contributed by atoms with Crippen LogP contribution in [0.3, 0.4) is 0 Å². The Kier molecular flexibility index (Phi) is 6.16. The molecule has 1 amide bonds. The van der Waals surface area contributed by atoms with E-state index in [1.165, 1.54) is 24.8 Å². The van der Waals surface area contributed by atoms with E-state index in [4.69, 9.17) is 4.43 Å². The van der Waals surface area contributed by atoms with Crippen molar-refractivity contribution in [1.29, 1.82) is 0 Å². The average Bonchev–Trinajstić information content (AvgIpc) is 2.72. The van der Waals surface area contributed by atoms with Gasteiger partial charge in [-0.05, 0) is 55.3 Å². The van der Waals surface area contributed by atoms with Gasteiger partial charge in [0, 0.05) is 5.92 Å². The Morgan fingerprint density at radius 3 is 2.44 bits per heavy atom. The Morgan fingerprint density at radius 2 is 1.78 bits per heavy atom.